The van der Waals surface area contributed by atoms with Crippen molar-refractivity contribution in [1.29, 1.82) is 0 Å². The Balaban J connectivity index is 1.91. The fourth-order valence-electron chi connectivity index (χ4n) is 3.23. The number of rotatable bonds is 2. The van der Waals surface area contributed by atoms with Crippen LogP contribution in [-0.4, -0.2) is 0 Å². The molecule has 0 spiro atoms. The lowest BCUT2D eigenvalue weighted by Crippen LogP contribution is -2.04. The van der Waals surface area contributed by atoms with Gasteiger partial charge in [0.15, 0.2) is 0 Å². The Labute approximate surface area is 127 Å². The number of hydrogen-bond donors (Lipinski definition) is 0. The lowest BCUT2D eigenvalue weighted by Gasteiger charge is -2.22. The Hall–Kier alpha value is -2.08. The maximum absolute atomic E-state index is 2.37. The summed E-state index contributed by atoms with van der Waals surface area (Å²) in [4.78, 5) is 0. The van der Waals surface area contributed by atoms with Crippen molar-refractivity contribution in [1.82, 2.24) is 0 Å². The van der Waals surface area contributed by atoms with E-state index in [9.17, 15) is 0 Å². The van der Waals surface area contributed by atoms with E-state index in [1.54, 1.807) is 0 Å². The smallest absolute Gasteiger partial charge is 0.00613 e. The molecule has 0 heterocycles. The Kier molecular flexibility index (Phi) is 3.79. The van der Waals surface area contributed by atoms with Crippen LogP contribution in [0.25, 0.3) is 5.57 Å². The van der Waals surface area contributed by atoms with Gasteiger partial charge in [-0.05, 0) is 49.5 Å². The average Bonchev–Trinajstić information content (AvgIpc) is 2.47. The van der Waals surface area contributed by atoms with E-state index in [0.29, 0.717) is 5.92 Å². The lowest BCUT2D eigenvalue weighted by molar-refractivity contribution is 0.810. The van der Waals surface area contributed by atoms with Gasteiger partial charge in [0, 0.05) is 5.92 Å². The fourth-order valence-corrected chi connectivity index (χ4v) is 3.23. The average molecular weight is 274 g/mol. The Morgan fingerprint density at radius 1 is 0.905 bits per heavy atom. The van der Waals surface area contributed by atoms with E-state index in [4.69, 9.17) is 0 Å². The molecular weight excluding hydrogens is 252 g/mol. The Bertz CT molecular complexity index is 716. The van der Waals surface area contributed by atoms with Crippen LogP contribution in [0.5, 0.6) is 0 Å². The van der Waals surface area contributed by atoms with Crippen LogP contribution >= 0.6 is 0 Å². The SMILES string of the molecule is CC1=C(c2cccc(C)c2)C=CC(c2ccccc2C)C1. The van der Waals surface area contributed by atoms with Crippen LogP contribution in [0.2, 0.25) is 0 Å². The first-order valence-electron chi connectivity index (χ1n) is 7.65. The molecule has 0 fully saturated rings. The van der Waals surface area contributed by atoms with Crippen LogP contribution in [-0.2, 0) is 0 Å². The number of aryl methyl sites for hydroxylation is 2. The van der Waals surface area contributed by atoms with Crippen molar-refractivity contribution < 1.29 is 0 Å². The largest absolute Gasteiger partial charge is 0.0761 e. The standard InChI is InChI=1S/C21H22/c1-15-7-6-9-18(13-15)21-12-11-19(14-17(21)3)20-10-5-4-8-16(20)2/h4-13,19H,14H2,1-3H3. The van der Waals surface area contributed by atoms with Gasteiger partial charge in [-0.2, -0.15) is 0 Å². The van der Waals surface area contributed by atoms with E-state index in [1.165, 1.54) is 33.4 Å². The van der Waals surface area contributed by atoms with Gasteiger partial charge in [-0.25, -0.2) is 0 Å². The van der Waals surface area contributed by atoms with E-state index in [2.05, 4.69) is 81.5 Å². The van der Waals surface area contributed by atoms with Gasteiger partial charge in [-0.15, -0.1) is 0 Å². The molecule has 0 aliphatic heterocycles. The third kappa shape index (κ3) is 2.85. The Morgan fingerprint density at radius 3 is 2.43 bits per heavy atom. The summed E-state index contributed by atoms with van der Waals surface area (Å²) in [5.74, 6) is 0.514. The molecule has 1 unspecified atom stereocenters. The van der Waals surface area contributed by atoms with Crippen molar-refractivity contribution in [3.8, 4) is 0 Å². The van der Waals surface area contributed by atoms with Crippen molar-refractivity contribution in [3.63, 3.8) is 0 Å². The third-order valence-electron chi connectivity index (χ3n) is 4.40. The fraction of sp³-hybridized carbons (Fsp3) is 0.238. The third-order valence-corrected chi connectivity index (χ3v) is 4.40. The van der Waals surface area contributed by atoms with Crippen LogP contribution in [0.4, 0.5) is 0 Å². The van der Waals surface area contributed by atoms with Crippen LogP contribution in [0, 0.1) is 13.8 Å². The molecule has 1 aliphatic carbocycles. The zero-order valence-electron chi connectivity index (χ0n) is 13.1. The molecule has 0 radical (unpaired) electrons. The molecule has 0 nitrogen and oxygen atoms in total. The molecule has 1 atom stereocenters. The van der Waals surface area contributed by atoms with Gasteiger partial charge in [0.1, 0.15) is 0 Å². The molecule has 0 N–H and O–H groups in total. The highest BCUT2D eigenvalue weighted by atomic mass is 14.2. The molecular formula is C21H22. The zero-order chi connectivity index (χ0) is 14.8. The van der Waals surface area contributed by atoms with E-state index in [-0.39, 0.29) is 0 Å². The van der Waals surface area contributed by atoms with Gasteiger partial charge in [0.2, 0.25) is 0 Å². The minimum absolute atomic E-state index is 0.514. The monoisotopic (exact) mass is 274 g/mol. The molecule has 3 rings (SSSR count). The zero-order valence-corrected chi connectivity index (χ0v) is 13.1. The summed E-state index contributed by atoms with van der Waals surface area (Å²) in [5.41, 5.74) is 8.38. The molecule has 0 saturated heterocycles. The Morgan fingerprint density at radius 2 is 1.71 bits per heavy atom. The molecule has 2 aromatic rings. The minimum atomic E-state index is 0.514. The van der Waals surface area contributed by atoms with Gasteiger partial charge < -0.3 is 0 Å². The topological polar surface area (TPSA) is 0 Å². The van der Waals surface area contributed by atoms with Crippen molar-refractivity contribution in [3.05, 3.63) is 88.5 Å². The van der Waals surface area contributed by atoms with Gasteiger partial charge in [-0.1, -0.05) is 71.8 Å². The quantitative estimate of drug-likeness (QED) is 0.647. The van der Waals surface area contributed by atoms with Crippen molar-refractivity contribution in [2.45, 2.75) is 33.1 Å². The molecule has 0 aromatic heterocycles. The predicted octanol–water partition coefficient (Wildman–Crippen LogP) is 5.82. The second-order valence-electron chi connectivity index (χ2n) is 6.09. The van der Waals surface area contributed by atoms with E-state index < -0.39 is 0 Å². The van der Waals surface area contributed by atoms with E-state index >= 15 is 0 Å². The second kappa shape index (κ2) is 5.73. The molecule has 21 heavy (non-hydrogen) atoms. The molecule has 106 valence electrons. The lowest BCUT2D eigenvalue weighted by atomic mass is 9.82. The van der Waals surface area contributed by atoms with Gasteiger partial charge >= 0.3 is 0 Å². The van der Waals surface area contributed by atoms with Gasteiger partial charge in [-0.3, -0.25) is 0 Å². The highest BCUT2D eigenvalue weighted by Gasteiger charge is 2.17. The summed E-state index contributed by atoms with van der Waals surface area (Å²) in [6, 6.07) is 17.5. The molecule has 0 amide bonds. The molecule has 0 saturated carbocycles. The summed E-state index contributed by atoms with van der Waals surface area (Å²) in [5, 5.41) is 0. The van der Waals surface area contributed by atoms with Gasteiger partial charge in [0.25, 0.3) is 0 Å². The summed E-state index contributed by atoms with van der Waals surface area (Å²) in [7, 11) is 0. The summed E-state index contributed by atoms with van der Waals surface area (Å²) in [6.07, 6.45) is 5.79. The van der Waals surface area contributed by atoms with Crippen LogP contribution in [0.3, 0.4) is 0 Å². The first-order chi connectivity index (χ1) is 10.1. The normalized spacial score (nSPS) is 18.1. The number of allylic oxidation sites excluding steroid dienone is 4. The highest BCUT2D eigenvalue weighted by Crippen LogP contribution is 2.36. The maximum atomic E-state index is 2.37. The molecule has 0 heteroatoms. The highest BCUT2D eigenvalue weighted by molar-refractivity contribution is 5.78. The maximum Gasteiger partial charge on any atom is 0.00613 e. The summed E-state index contributed by atoms with van der Waals surface area (Å²) >= 11 is 0. The van der Waals surface area contributed by atoms with Crippen LogP contribution in [0.15, 0.2) is 66.3 Å². The molecule has 1 aliphatic rings. The van der Waals surface area contributed by atoms with Crippen LogP contribution in [0.1, 0.15) is 41.5 Å². The predicted molar refractivity (Wildman–Crippen MR) is 91.5 cm³/mol. The first-order valence-corrected chi connectivity index (χ1v) is 7.65. The molecule has 2 aromatic carbocycles. The van der Waals surface area contributed by atoms with Crippen molar-refractivity contribution >= 4 is 5.57 Å². The van der Waals surface area contributed by atoms with E-state index in [1.807, 2.05) is 0 Å². The van der Waals surface area contributed by atoms with E-state index in [0.717, 1.165) is 6.42 Å². The minimum Gasteiger partial charge on any atom is -0.0761 e. The summed E-state index contributed by atoms with van der Waals surface area (Å²) < 4.78 is 0. The number of benzene rings is 2. The van der Waals surface area contributed by atoms with Crippen LogP contribution < -0.4 is 0 Å². The van der Waals surface area contributed by atoms with Gasteiger partial charge in [0.05, 0.1) is 0 Å². The second-order valence-corrected chi connectivity index (χ2v) is 6.09. The van der Waals surface area contributed by atoms with Crippen molar-refractivity contribution in [2.24, 2.45) is 0 Å². The summed E-state index contributed by atoms with van der Waals surface area (Å²) in [6.45, 7) is 6.63. The molecule has 0 bridgehead atoms. The van der Waals surface area contributed by atoms with Crippen molar-refractivity contribution in [2.75, 3.05) is 0 Å². The number of hydrogen-bond acceptors (Lipinski definition) is 0. The first kappa shape index (κ1) is 13.9.